The van der Waals surface area contributed by atoms with Crippen LogP contribution < -0.4 is 5.56 Å². The summed E-state index contributed by atoms with van der Waals surface area (Å²) in [7, 11) is 1.82. The Morgan fingerprint density at radius 2 is 2.10 bits per heavy atom. The van der Waals surface area contributed by atoms with Gasteiger partial charge in [0.15, 0.2) is 0 Å². The molecule has 6 nitrogen and oxygen atoms in total. The Balaban J connectivity index is 2.51. The number of nitrogens with zero attached hydrogens (tertiary/aromatic N) is 3. The van der Waals surface area contributed by atoms with Crippen molar-refractivity contribution in [1.82, 2.24) is 14.3 Å². The number of ether oxygens (including phenoxy) is 1. The van der Waals surface area contributed by atoms with Gasteiger partial charge in [-0.1, -0.05) is 0 Å². The number of carbonyl (C=O) groups is 1. The van der Waals surface area contributed by atoms with Gasteiger partial charge in [0, 0.05) is 25.0 Å². The third-order valence-corrected chi connectivity index (χ3v) is 3.49. The first-order chi connectivity index (χ1) is 9.95. The van der Waals surface area contributed by atoms with Crippen LogP contribution in [-0.4, -0.2) is 26.9 Å². The SMILES string of the molecule is CCOC(=O)c1c(C)cc(=O)n(Cc2ccnn2C)c1C. The molecule has 0 N–H and O–H groups in total. The van der Waals surface area contributed by atoms with Crippen LogP contribution in [0.25, 0.3) is 0 Å². The van der Waals surface area contributed by atoms with Crippen LogP contribution in [0.5, 0.6) is 0 Å². The van der Waals surface area contributed by atoms with Crippen molar-refractivity contribution in [2.45, 2.75) is 27.3 Å². The summed E-state index contributed by atoms with van der Waals surface area (Å²) < 4.78 is 8.34. The van der Waals surface area contributed by atoms with Crippen LogP contribution in [0.4, 0.5) is 0 Å². The van der Waals surface area contributed by atoms with Gasteiger partial charge in [-0.15, -0.1) is 0 Å². The van der Waals surface area contributed by atoms with E-state index < -0.39 is 5.97 Å². The average Bonchev–Trinajstić information content (AvgIpc) is 2.80. The second-order valence-electron chi connectivity index (χ2n) is 4.88. The molecule has 0 aromatic carbocycles. The molecule has 0 spiro atoms. The smallest absolute Gasteiger partial charge is 0.340 e. The molecule has 21 heavy (non-hydrogen) atoms. The molecule has 112 valence electrons. The van der Waals surface area contributed by atoms with Crippen molar-refractivity contribution in [3.63, 3.8) is 0 Å². The topological polar surface area (TPSA) is 66.1 Å². The maximum absolute atomic E-state index is 12.2. The van der Waals surface area contributed by atoms with Crippen molar-refractivity contribution in [2.75, 3.05) is 6.61 Å². The molecule has 6 heteroatoms. The Kier molecular flexibility index (Phi) is 4.26. The Morgan fingerprint density at radius 3 is 2.67 bits per heavy atom. The van der Waals surface area contributed by atoms with Crippen molar-refractivity contribution in [1.29, 1.82) is 0 Å². The number of aromatic nitrogens is 3. The highest BCUT2D eigenvalue weighted by molar-refractivity contribution is 5.92. The van der Waals surface area contributed by atoms with E-state index in [1.54, 1.807) is 36.2 Å². The lowest BCUT2D eigenvalue weighted by atomic mass is 10.1. The van der Waals surface area contributed by atoms with E-state index >= 15 is 0 Å². The highest BCUT2D eigenvalue weighted by Crippen LogP contribution is 2.14. The van der Waals surface area contributed by atoms with Crippen molar-refractivity contribution in [3.8, 4) is 0 Å². The Bertz CT molecular complexity index is 728. The molecule has 2 rings (SSSR count). The molecule has 0 saturated carbocycles. The van der Waals surface area contributed by atoms with E-state index in [0.717, 1.165) is 5.69 Å². The van der Waals surface area contributed by atoms with Gasteiger partial charge in [-0.05, 0) is 32.4 Å². The number of rotatable bonds is 4. The van der Waals surface area contributed by atoms with Gasteiger partial charge in [0.2, 0.25) is 0 Å². The lowest BCUT2D eigenvalue weighted by Gasteiger charge is -2.15. The number of carbonyl (C=O) groups excluding carboxylic acids is 1. The minimum absolute atomic E-state index is 0.140. The summed E-state index contributed by atoms with van der Waals surface area (Å²) >= 11 is 0. The molecule has 0 bridgehead atoms. The predicted octanol–water partition coefficient (Wildman–Crippen LogP) is 1.42. The van der Waals surface area contributed by atoms with E-state index in [0.29, 0.717) is 30.0 Å². The minimum Gasteiger partial charge on any atom is -0.462 e. The fourth-order valence-corrected chi connectivity index (χ4v) is 2.35. The lowest BCUT2D eigenvalue weighted by molar-refractivity contribution is 0.0523. The highest BCUT2D eigenvalue weighted by atomic mass is 16.5. The summed E-state index contributed by atoms with van der Waals surface area (Å²) in [5.74, 6) is -0.397. The number of esters is 1. The van der Waals surface area contributed by atoms with E-state index in [1.807, 2.05) is 13.1 Å². The van der Waals surface area contributed by atoms with Crippen LogP contribution >= 0.6 is 0 Å². The van der Waals surface area contributed by atoms with Crippen LogP contribution in [0.2, 0.25) is 0 Å². The summed E-state index contributed by atoms with van der Waals surface area (Å²) in [5.41, 5.74) is 2.45. The van der Waals surface area contributed by atoms with Gasteiger partial charge in [-0.25, -0.2) is 4.79 Å². The summed E-state index contributed by atoms with van der Waals surface area (Å²) in [5, 5.41) is 4.09. The van der Waals surface area contributed by atoms with Crippen LogP contribution in [0.15, 0.2) is 23.1 Å². The van der Waals surface area contributed by atoms with E-state index in [4.69, 9.17) is 4.74 Å². The molecular formula is C15H19N3O3. The van der Waals surface area contributed by atoms with Gasteiger partial charge in [0.05, 0.1) is 24.4 Å². The molecular weight excluding hydrogens is 270 g/mol. The molecule has 0 amide bonds. The predicted molar refractivity (Wildman–Crippen MR) is 78.4 cm³/mol. The Hall–Kier alpha value is -2.37. The number of aryl methyl sites for hydroxylation is 2. The van der Waals surface area contributed by atoms with E-state index in [9.17, 15) is 9.59 Å². The molecule has 2 heterocycles. The van der Waals surface area contributed by atoms with Crippen LogP contribution in [-0.2, 0) is 18.3 Å². The van der Waals surface area contributed by atoms with Crippen LogP contribution in [0.3, 0.4) is 0 Å². The zero-order valence-corrected chi connectivity index (χ0v) is 12.7. The summed E-state index contributed by atoms with van der Waals surface area (Å²) in [6, 6.07) is 3.31. The largest absolute Gasteiger partial charge is 0.462 e. The fourth-order valence-electron chi connectivity index (χ4n) is 2.35. The van der Waals surface area contributed by atoms with Gasteiger partial charge in [-0.2, -0.15) is 5.10 Å². The molecule has 0 fully saturated rings. The average molecular weight is 289 g/mol. The van der Waals surface area contributed by atoms with Gasteiger partial charge in [-0.3, -0.25) is 9.48 Å². The maximum atomic E-state index is 12.2. The molecule has 0 unspecified atom stereocenters. The zero-order valence-electron chi connectivity index (χ0n) is 12.7. The second kappa shape index (κ2) is 5.95. The van der Waals surface area contributed by atoms with E-state index in [-0.39, 0.29) is 5.56 Å². The van der Waals surface area contributed by atoms with Gasteiger partial charge >= 0.3 is 5.97 Å². The van der Waals surface area contributed by atoms with Crippen molar-refractivity contribution in [3.05, 3.63) is 51.2 Å². The Morgan fingerprint density at radius 1 is 1.38 bits per heavy atom. The first-order valence-electron chi connectivity index (χ1n) is 6.80. The number of pyridine rings is 1. The highest BCUT2D eigenvalue weighted by Gasteiger charge is 2.18. The molecule has 0 aliphatic rings. The van der Waals surface area contributed by atoms with Crippen molar-refractivity contribution in [2.24, 2.45) is 7.05 Å². The molecule has 2 aromatic heterocycles. The Labute approximate surface area is 123 Å². The quantitative estimate of drug-likeness (QED) is 0.799. The van der Waals surface area contributed by atoms with Crippen molar-refractivity contribution < 1.29 is 9.53 Å². The summed E-state index contributed by atoms with van der Waals surface area (Å²) in [4.78, 5) is 24.3. The molecule has 0 radical (unpaired) electrons. The van der Waals surface area contributed by atoms with Crippen molar-refractivity contribution >= 4 is 5.97 Å². The minimum atomic E-state index is -0.397. The van der Waals surface area contributed by atoms with E-state index in [1.165, 1.54) is 6.07 Å². The monoisotopic (exact) mass is 289 g/mol. The summed E-state index contributed by atoms with van der Waals surface area (Å²) in [6.45, 7) is 5.94. The van der Waals surface area contributed by atoms with E-state index in [2.05, 4.69) is 5.10 Å². The second-order valence-corrected chi connectivity index (χ2v) is 4.88. The normalized spacial score (nSPS) is 10.7. The first-order valence-corrected chi connectivity index (χ1v) is 6.80. The molecule has 2 aromatic rings. The zero-order chi connectivity index (χ0) is 15.6. The number of hydrogen-bond acceptors (Lipinski definition) is 4. The molecule has 0 atom stereocenters. The van der Waals surface area contributed by atoms with Gasteiger partial charge in [0.1, 0.15) is 0 Å². The number of hydrogen-bond donors (Lipinski definition) is 0. The molecule has 0 aliphatic heterocycles. The summed E-state index contributed by atoms with van der Waals surface area (Å²) in [6.07, 6.45) is 1.68. The van der Waals surface area contributed by atoms with Gasteiger partial charge in [0.25, 0.3) is 5.56 Å². The molecule has 0 aliphatic carbocycles. The third kappa shape index (κ3) is 2.89. The lowest BCUT2D eigenvalue weighted by Crippen LogP contribution is -2.27. The van der Waals surface area contributed by atoms with Gasteiger partial charge < -0.3 is 9.30 Å². The maximum Gasteiger partial charge on any atom is 0.340 e. The van der Waals surface area contributed by atoms with Crippen LogP contribution in [0.1, 0.15) is 34.2 Å². The fraction of sp³-hybridized carbons (Fsp3) is 0.400. The standard InChI is InChI=1S/C15H19N3O3/c1-5-21-15(20)14-10(2)8-13(19)18(11(14)3)9-12-6-7-16-17(12)4/h6-8H,5,9H2,1-4H3. The third-order valence-electron chi connectivity index (χ3n) is 3.49. The first kappa shape index (κ1) is 15.0. The van der Waals surface area contributed by atoms with Crippen LogP contribution in [0, 0.1) is 13.8 Å². The molecule has 0 saturated heterocycles.